The molecule has 1 aromatic carbocycles. The molecule has 2 rings (SSSR count). The Labute approximate surface area is 125 Å². The molecule has 0 aliphatic heterocycles. The van der Waals surface area contributed by atoms with Gasteiger partial charge in [0.25, 0.3) is 0 Å². The smallest absolute Gasteiger partial charge is 0.387 e. The van der Waals surface area contributed by atoms with Crippen molar-refractivity contribution in [2.75, 3.05) is 12.4 Å². The molecule has 7 heteroatoms. The van der Waals surface area contributed by atoms with Crippen LogP contribution in [-0.2, 0) is 6.54 Å². The van der Waals surface area contributed by atoms with E-state index in [1.807, 2.05) is 13.8 Å². The number of aromatic nitrogens is 1. The number of ether oxygens (including phenoxy) is 2. The molecule has 0 saturated carbocycles. The zero-order valence-corrected chi connectivity index (χ0v) is 12.8. The van der Waals surface area contributed by atoms with Crippen molar-refractivity contribution < 1.29 is 18.3 Å². The maximum absolute atomic E-state index is 12.4. The van der Waals surface area contributed by atoms with Crippen LogP contribution < -0.4 is 14.8 Å². The maximum atomic E-state index is 12.4. The topological polar surface area (TPSA) is 43.4 Å². The molecular formula is C14H16F2N2O2S. The molecule has 1 heterocycles. The monoisotopic (exact) mass is 314 g/mol. The van der Waals surface area contributed by atoms with Gasteiger partial charge in [0.05, 0.1) is 30.0 Å². The van der Waals surface area contributed by atoms with Crippen LogP contribution in [0.3, 0.4) is 0 Å². The number of hydrogen-bond donors (Lipinski definition) is 1. The van der Waals surface area contributed by atoms with E-state index in [0.717, 1.165) is 15.6 Å². The van der Waals surface area contributed by atoms with Crippen molar-refractivity contribution in [3.63, 3.8) is 0 Å². The van der Waals surface area contributed by atoms with Crippen LogP contribution in [0, 0.1) is 13.8 Å². The van der Waals surface area contributed by atoms with E-state index in [1.54, 1.807) is 23.5 Å². The molecular weight excluding hydrogens is 298 g/mol. The summed E-state index contributed by atoms with van der Waals surface area (Å²) in [5.74, 6) is 0.654. The number of anilines is 1. The number of hydrogen-bond acceptors (Lipinski definition) is 5. The Hall–Kier alpha value is -1.89. The average molecular weight is 314 g/mol. The molecule has 21 heavy (non-hydrogen) atoms. The molecule has 4 nitrogen and oxygen atoms in total. The van der Waals surface area contributed by atoms with E-state index >= 15 is 0 Å². The lowest BCUT2D eigenvalue weighted by molar-refractivity contribution is -0.0494. The first kappa shape index (κ1) is 15.5. The zero-order chi connectivity index (χ0) is 15.4. The zero-order valence-electron chi connectivity index (χ0n) is 11.9. The number of rotatable bonds is 6. The molecule has 0 aliphatic carbocycles. The van der Waals surface area contributed by atoms with Crippen molar-refractivity contribution in [2.24, 2.45) is 0 Å². The van der Waals surface area contributed by atoms with Gasteiger partial charge in [-0.3, -0.25) is 0 Å². The van der Waals surface area contributed by atoms with Crippen LogP contribution in [0.2, 0.25) is 0 Å². The number of methoxy groups -OCH3 is 1. The van der Waals surface area contributed by atoms with Crippen LogP contribution in [0.4, 0.5) is 14.5 Å². The molecule has 0 aliphatic rings. The van der Waals surface area contributed by atoms with E-state index in [0.29, 0.717) is 18.0 Å². The Kier molecular flexibility index (Phi) is 4.95. The predicted octanol–water partition coefficient (Wildman–Crippen LogP) is 3.98. The van der Waals surface area contributed by atoms with Crippen LogP contribution in [0.5, 0.6) is 11.5 Å². The minimum atomic E-state index is -2.87. The Balaban J connectivity index is 2.18. The molecule has 114 valence electrons. The number of nitrogens with one attached hydrogen (secondary N) is 1. The van der Waals surface area contributed by atoms with E-state index in [4.69, 9.17) is 4.74 Å². The second-order valence-electron chi connectivity index (χ2n) is 4.34. The van der Waals surface area contributed by atoms with Gasteiger partial charge in [-0.25, -0.2) is 4.98 Å². The van der Waals surface area contributed by atoms with E-state index in [-0.39, 0.29) is 5.75 Å². The minimum Gasteiger partial charge on any atom is -0.497 e. The highest BCUT2D eigenvalue weighted by Crippen LogP contribution is 2.31. The van der Waals surface area contributed by atoms with Crippen LogP contribution >= 0.6 is 11.3 Å². The summed E-state index contributed by atoms with van der Waals surface area (Å²) in [5, 5.41) is 4.07. The van der Waals surface area contributed by atoms with Crippen molar-refractivity contribution in [2.45, 2.75) is 27.0 Å². The lowest BCUT2D eigenvalue weighted by Gasteiger charge is -2.13. The second kappa shape index (κ2) is 6.71. The number of halogens is 2. The first-order valence-corrected chi connectivity index (χ1v) is 7.11. The fourth-order valence-electron chi connectivity index (χ4n) is 1.89. The Morgan fingerprint density at radius 1 is 1.33 bits per heavy atom. The van der Waals surface area contributed by atoms with Gasteiger partial charge in [0.1, 0.15) is 11.5 Å². The Morgan fingerprint density at radius 3 is 2.67 bits per heavy atom. The van der Waals surface area contributed by atoms with Crippen molar-refractivity contribution in [3.8, 4) is 11.5 Å². The van der Waals surface area contributed by atoms with Gasteiger partial charge < -0.3 is 14.8 Å². The summed E-state index contributed by atoms with van der Waals surface area (Å²) >= 11 is 1.57. The van der Waals surface area contributed by atoms with Gasteiger partial charge in [-0.05, 0) is 26.0 Å². The molecule has 1 N–H and O–H groups in total. The normalized spacial score (nSPS) is 10.8. The van der Waals surface area contributed by atoms with Gasteiger partial charge in [0, 0.05) is 10.9 Å². The molecule has 0 amide bonds. The van der Waals surface area contributed by atoms with Gasteiger partial charge in [-0.1, -0.05) is 0 Å². The van der Waals surface area contributed by atoms with Crippen molar-refractivity contribution in [1.29, 1.82) is 0 Å². The molecule has 0 fully saturated rings. The quantitative estimate of drug-likeness (QED) is 0.876. The highest BCUT2D eigenvalue weighted by atomic mass is 32.1. The number of benzene rings is 1. The summed E-state index contributed by atoms with van der Waals surface area (Å²) in [4.78, 5) is 5.38. The minimum absolute atomic E-state index is 0.0877. The van der Waals surface area contributed by atoms with Gasteiger partial charge in [-0.2, -0.15) is 8.78 Å². The summed E-state index contributed by atoms with van der Waals surface area (Å²) in [6.07, 6.45) is 0. The SMILES string of the molecule is COc1ccc(OC(F)F)c(NCc2sc(C)nc2C)c1. The molecule has 0 saturated heterocycles. The maximum Gasteiger partial charge on any atom is 0.387 e. The first-order chi connectivity index (χ1) is 9.99. The first-order valence-electron chi connectivity index (χ1n) is 6.29. The lowest BCUT2D eigenvalue weighted by Crippen LogP contribution is -2.06. The Morgan fingerprint density at radius 2 is 2.10 bits per heavy atom. The molecule has 0 atom stereocenters. The van der Waals surface area contributed by atoms with Gasteiger partial charge in [0.15, 0.2) is 0 Å². The fourth-order valence-corrected chi connectivity index (χ4v) is 2.76. The summed E-state index contributed by atoms with van der Waals surface area (Å²) in [6.45, 7) is 1.47. The largest absolute Gasteiger partial charge is 0.497 e. The van der Waals surface area contributed by atoms with Crippen LogP contribution in [0.1, 0.15) is 15.6 Å². The molecule has 2 aromatic rings. The molecule has 0 radical (unpaired) electrons. The third-order valence-corrected chi connectivity index (χ3v) is 3.91. The van der Waals surface area contributed by atoms with Gasteiger partial charge in [0.2, 0.25) is 0 Å². The third kappa shape index (κ3) is 4.04. The number of aryl methyl sites for hydroxylation is 2. The second-order valence-corrected chi connectivity index (χ2v) is 5.62. The number of nitrogens with zero attached hydrogens (tertiary/aromatic N) is 1. The fraction of sp³-hybridized carbons (Fsp3) is 0.357. The predicted molar refractivity (Wildman–Crippen MR) is 78.5 cm³/mol. The molecule has 0 bridgehead atoms. The number of thiazole rings is 1. The van der Waals surface area contributed by atoms with Crippen molar-refractivity contribution >= 4 is 17.0 Å². The third-order valence-electron chi connectivity index (χ3n) is 2.84. The number of alkyl halides is 2. The standard InChI is InChI=1S/C14H16F2N2O2S/c1-8-13(21-9(2)18-8)7-17-11-6-10(19-3)4-5-12(11)20-14(15)16/h4-6,14,17H,7H2,1-3H3. The summed E-state index contributed by atoms with van der Waals surface area (Å²) < 4.78 is 34.5. The van der Waals surface area contributed by atoms with Gasteiger partial charge >= 0.3 is 6.61 Å². The molecule has 0 unspecified atom stereocenters. The van der Waals surface area contributed by atoms with E-state index in [2.05, 4.69) is 15.0 Å². The van der Waals surface area contributed by atoms with Crippen LogP contribution in [-0.4, -0.2) is 18.7 Å². The molecule has 1 aromatic heterocycles. The van der Waals surface area contributed by atoms with Gasteiger partial charge in [-0.15, -0.1) is 11.3 Å². The van der Waals surface area contributed by atoms with E-state index in [1.165, 1.54) is 13.2 Å². The highest BCUT2D eigenvalue weighted by Gasteiger charge is 2.12. The van der Waals surface area contributed by atoms with Crippen LogP contribution in [0.15, 0.2) is 18.2 Å². The van der Waals surface area contributed by atoms with Crippen molar-refractivity contribution in [3.05, 3.63) is 33.8 Å². The van der Waals surface area contributed by atoms with Crippen LogP contribution in [0.25, 0.3) is 0 Å². The average Bonchev–Trinajstić information content (AvgIpc) is 2.75. The summed E-state index contributed by atoms with van der Waals surface area (Å²) in [7, 11) is 1.52. The Bertz CT molecular complexity index is 617. The van der Waals surface area contributed by atoms with E-state index in [9.17, 15) is 8.78 Å². The highest BCUT2D eigenvalue weighted by molar-refractivity contribution is 7.11. The molecule has 0 spiro atoms. The summed E-state index contributed by atoms with van der Waals surface area (Å²) in [6, 6.07) is 4.66. The lowest BCUT2D eigenvalue weighted by atomic mass is 10.2. The van der Waals surface area contributed by atoms with Crippen molar-refractivity contribution in [1.82, 2.24) is 4.98 Å². The summed E-state index contributed by atoms with van der Waals surface area (Å²) in [5.41, 5.74) is 1.39. The van der Waals surface area contributed by atoms with E-state index < -0.39 is 6.61 Å².